The molecule has 1 N–H and O–H groups in total. The maximum atomic E-state index is 12.2. The molecule has 7 nitrogen and oxygen atoms in total. The Kier molecular flexibility index (Phi) is 6.65. The molecule has 0 radical (unpaired) electrons. The lowest BCUT2D eigenvalue weighted by Crippen LogP contribution is -2.30. The zero-order valence-electron chi connectivity index (χ0n) is 15.3. The first-order valence-electron chi connectivity index (χ1n) is 9.05. The van der Waals surface area contributed by atoms with Gasteiger partial charge in [0, 0.05) is 37.6 Å². The van der Waals surface area contributed by atoms with Crippen LogP contribution in [0, 0.1) is 0 Å². The lowest BCUT2D eigenvalue weighted by Gasteiger charge is -2.20. The van der Waals surface area contributed by atoms with Crippen molar-refractivity contribution in [2.75, 3.05) is 19.6 Å². The zero-order chi connectivity index (χ0) is 18.9. The van der Waals surface area contributed by atoms with Crippen LogP contribution in [0.2, 0.25) is 0 Å². The van der Waals surface area contributed by atoms with Crippen LogP contribution in [-0.2, 0) is 6.54 Å². The number of rotatable bonds is 9. The van der Waals surface area contributed by atoms with Crippen LogP contribution in [0.15, 0.2) is 59.4 Å². The second kappa shape index (κ2) is 9.59. The van der Waals surface area contributed by atoms with Gasteiger partial charge in [-0.3, -0.25) is 14.7 Å². The van der Waals surface area contributed by atoms with Crippen LogP contribution in [0.5, 0.6) is 0 Å². The lowest BCUT2D eigenvalue weighted by molar-refractivity contribution is 0.0907. The third-order valence-electron chi connectivity index (χ3n) is 4.17. The molecule has 3 rings (SSSR count). The molecule has 0 saturated carbocycles. The minimum atomic E-state index is -0.358. The fourth-order valence-electron chi connectivity index (χ4n) is 2.70. The van der Waals surface area contributed by atoms with E-state index in [1.165, 1.54) is 5.56 Å². The first-order chi connectivity index (χ1) is 13.3. The standard InChI is InChI=1S/C20H23N5O2/c1-2-25(15-16-8-4-3-5-9-16)13-7-12-22-19(26)20-23-18(24-27-20)17-10-6-11-21-14-17/h3-6,8-11,14H,2,7,12-13,15H2,1H3,(H,22,26). The van der Waals surface area contributed by atoms with E-state index in [2.05, 4.69) is 44.4 Å². The average Bonchev–Trinajstić information content (AvgIpc) is 3.22. The molecular formula is C20H23N5O2. The fourth-order valence-corrected chi connectivity index (χ4v) is 2.70. The summed E-state index contributed by atoms with van der Waals surface area (Å²) in [6.07, 6.45) is 4.13. The van der Waals surface area contributed by atoms with Crippen molar-refractivity contribution in [3.63, 3.8) is 0 Å². The Morgan fingerprint density at radius 1 is 1.19 bits per heavy atom. The number of hydrogen-bond acceptors (Lipinski definition) is 6. The monoisotopic (exact) mass is 365 g/mol. The molecule has 0 spiro atoms. The highest BCUT2D eigenvalue weighted by molar-refractivity contribution is 5.89. The number of carbonyl (C=O) groups excluding carboxylic acids is 1. The van der Waals surface area contributed by atoms with E-state index in [-0.39, 0.29) is 11.8 Å². The molecule has 0 aliphatic carbocycles. The number of amides is 1. The Labute approximate surface area is 158 Å². The van der Waals surface area contributed by atoms with E-state index >= 15 is 0 Å². The van der Waals surface area contributed by atoms with Crippen molar-refractivity contribution >= 4 is 5.91 Å². The van der Waals surface area contributed by atoms with Gasteiger partial charge in [-0.05, 0) is 30.7 Å². The van der Waals surface area contributed by atoms with Crippen molar-refractivity contribution in [3.8, 4) is 11.4 Å². The third kappa shape index (κ3) is 5.46. The number of benzene rings is 1. The minimum Gasteiger partial charge on any atom is -0.348 e. The van der Waals surface area contributed by atoms with Gasteiger partial charge < -0.3 is 9.84 Å². The highest BCUT2D eigenvalue weighted by atomic mass is 16.5. The van der Waals surface area contributed by atoms with Gasteiger partial charge in [-0.25, -0.2) is 0 Å². The number of pyridine rings is 1. The van der Waals surface area contributed by atoms with Crippen LogP contribution < -0.4 is 5.32 Å². The first kappa shape index (κ1) is 18.7. The zero-order valence-corrected chi connectivity index (χ0v) is 15.3. The van der Waals surface area contributed by atoms with Gasteiger partial charge in [0.05, 0.1) is 0 Å². The van der Waals surface area contributed by atoms with Crippen molar-refractivity contribution in [1.82, 2.24) is 25.3 Å². The normalized spacial score (nSPS) is 10.9. The quantitative estimate of drug-likeness (QED) is 0.587. The van der Waals surface area contributed by atoms with Gasteiger partial charge in [0.1, 0.15) is 0 Å². The largest absolute Gasteiger partial charge is 0.348 e. The fraction of sp³-hybridized carbons (Fsp3) is 0.300. The molecule has 1 amide bonds. The summed E-state index contributed by atoms with van der Waals surface area (Å²) in [7, 11) is 0. The summed E-state index contributed by atoms with van der Waals surface area (Å²) in [6, 6.07) is 14.0. The SMILES string of the molecule is CCN(CCCNC(=O)c1nc(-c2cccnc2)no1)Cc1ccccc1. The van der Waals surface area contributed by atoms with Crippen LogP contribution in [-0.4, -0.2) is 45.6 Å². The van der Waals surface area contributed by atoms with Gasteiger partial charge >= 0.3 is 11.8 Å². The Hall–Kier alpha value is -3.06. The summed E-state index contributed by atoms with van der Waals surface area (Å²) in [4.78, 5) is 22.6. The maximum Gasteiger partial charge on any atom is 0.316 e. The van der Waals surface area contributed by atoms with Gasteiger partial charge in [-0.2, -0.15) is 4.98 Å². The molecular weight excluding hydrogens is 342 g/mol. The summed E-state index contributed by atoms with van der Waals surface area (Å²) in [5, 5.41) is 6.66. The molecule has 140 valence electrons. The third-order valence-corrected chi connectivity index (χ3v) is 4.17. The molecule has 0 atom stereocenters. The van der Waals surface area contributed by atoms with Crippen molar-refractivity contribution < 1.29 is 9.32 Å². The van der Waals surface area contributed by atoms with E-state index in [4.69, 9.17) is 4.52 Å². The van der Waals surface area contributed by atoms with E-state index < -0.39 is 0 Å². The Balaban J connectivity index is 1.43. The molecule has 2 aromatic heterocycles. The van der Waals surface area contributed by atoms with Crippen LogP contribution in [0.25, 0.3) is 11.4 Å². The highest BCUT2D eigenvalue weighted by Crippen LogP contribution is 2.13. The molecule has 0 aliphatic rings. The van der Waals surface area contributed by atoms with E-state index in [9.17, 15) is 4.79 Å². The Morgan fingerprint density at radius 2 is 2.04 bits per heavy atom. The van der Waals surface area contributed by atoms with E-state index in [1.54, 1.807) is 18.5 Å². The summed E-state index contributed by atoms with van der Waals surface area (Å²) in [5.41, 5.74) is 2.00. The van der Waals surface area contributed by atoms with E-state index in [1.807, 2.05) is 24.3 Å². The number of nitrogens with zero attached hydrogens (tertiary/aromatic N) is 4. The van der Waals surface area contributed by atoms with E-state index in [0.717, 1.165) is 26.1 Å². The first-order valence-corrected chi connectivity index (χ1v) is 9.05. The van der Waals surface area contributed by atoms with Crippen LogP contribution >= 0.6 is 0 Å². The van der Waals surface area contributed by atoms with Gasteiger partial charge in [0.2, 0.25) is 5.82 Å². The average molecular weight is 365 g/mol. The summed E-state index contributed by atoms with van der Waals surface area (Å²) in [5.74, 6) is -0.0393. The topological polar surface area (TPSA) is 84.2 Å². The smallest absolute Gasteiger partial charge is 0.316 e. The summed E-state index contributed by atoms with van der Waals surface area (Å²) >= 11 is 0. The number of aromatic nitrogens is 3. The van der Waals surface area contributed by atoms with Crippen molar-refractivity contribution in [2.24, 2.45) is 0 Å². The molecule has 0 aliphatic heterocycles. The van der Waals surface area contributed by atoms with E-state index in [0.29, 0.717) is 17.9 Å². The summed E-state index contributed by atoms with van der Waals surface area (Å²) < 4.78 is 5.05. The number of hydrogen-bond donors (Lipinski definition) is 1. The Morgan fingerprint density at radius 3 is 2.78 bits per heavy atom. The molecule has 0 unspecified atom stereocenters. The second-order valence-corrected chi connectivity index (χ2v) is 6.13. The summed E-state index contributed by atoms with van der Waals surface area (Å²) in [6.45, 7) is 5.45. The van der Waals surface area contributed by atoms with Crippen LogP contribution in [0.4, 0.5) is 0 Å². The minimum absolute atomic E-state index is 0.0366. The van der Waals surface area contributed by atoms with Crippen molar-refractivity contribution in [1.29, 1.82) is 0 Å². The van der Waals surface area contributed by atoms with Crippen LogP contribution in [0.1, 0.15) is 29.6 Å². The predicted molar refractivity (Wildman–Crippen MR) is 102 cm³/mol. The molecule has 0 saturated heterocycles. The second-order valence-electron chi connectivity index (χ2n) is 6.13. The van der Waals surface area contributed by atoms with Crippen LogP contribution in [0.3, 0.4) is 0 Å². The molecule has 0 bridgehead atoms. The number of carbonyl (C=O) groups is 1. The molecule has 3 aromatic rings. The van der Waals surface area contributed by atoms with Crippen molar-refractivity contribution in [3.05, 3.63) is 66.3 Å². The molecule has 7 heteroatoms. The lowest BCUT2D eigenvalue weighted by atomic mass is 10.2. The van der Waals surface area contributed by atoms with Gasteiger partial charge in [-0.15, -0.1) is 0 Å². The number of nitrogens with one attached hydrogen (secondary N) is 1. The van der Waals surface area contributed by atoms with Gasteiger partial charge in [0.25, 0.3) is 0 Å². The van der Waals surface area contributed by atoms with Gasteiger partial charge in [0.15, 0.2) is 0 Å². The van der Waals surface area contributed by atoms with Crippen molar-refractivity contribution in [2.45, 2.75) is 19.9 Å². The predicted octanol–water partition coefficient (Wildman–Crippen LogP) is 2.77. The molecule has 1 aromatic carbocycles. The Bertz CT molecular complexity index is 836. The molecule has 0 fully saturated rings. The maximum absolute atomic E-state index is 12.2. The highest BCUT2D eigenvalue weighted by Gasteiger charge is 2.15. The molecule has 27 heavy (non-hydrogen) atoms. The molecule has 2 heterocycles. The van der Waals surface area contributed by atoms with Gasteiger partial charge in [-0.1, -0.05) is 42.4 Å².